The van der Waals surface area contributed by atoms with E-state index in [-0.39, 0.29) is 34.9 Å². The highest BCUT2D eigenvalue weighted by molar-refractivity contribution is 6.07. The van der Waals surface area contributed by atoms with Crippen molar-refractivity contribution in [3.05, 3.63) is 93.4 Å². The highest BCUT2D eigenvalue weighted by Crippen LogP contribution is 2.39. The first kappa shape index (κ1) is 27.5. The first-order chi connectivity index (χ1) is 19.0. The van der Waals surface area contributed by atoms with Gasteiger partial charge in [0.1, 0.15) is 0 Å². The minimum atomic E-state index is -4.58. The van der Waals surface area contributed by atoms with Crippen molar-refractivity contribution >= 4 is 23.2 Å². The largest absolute Gasteiger partial charge is 0.416 e. The molecule has 1 aromatic heterocycles. The van der Waals surface area contributed by atoms with E-state index in [1.54, 1.807) is 30.3 Å². The zero-order valence-corrected chi connectivity index (χ0v) is 22.3. The molecule has 2 aliphatic rings. The van der Waals surface area contributed by atoms with Gasteiger partial charge in [-0.3, -0.25) is 14.4 Å². The lowest BCUT2D eigenvalue weighted by molar-refractivity contribution is -0.137. The van der Waals surface area contributed by atoms with Gasteiger partial charge in [0.25, 0.3) is 17.4 Å². The Morgan fingerprint density at radius 3 is 2.48 bits per heavy atom. The Morgan fingerprint density at radius 2 is 1.73 bits per heavy atom. The van der Waals surface area contributed by atoms with Crippen molar-refractivity contribution < 1.29 is 22.8 Å². The molecule has 2 aliphatic heterocycles. The lowest BCUT2D eigenvalue weighted by Crippen LogP contribution is -2.47. The van der Waals surface area contributed by atoms with Crippen molar-refractivity contribution in [3.63, 3.8) is 0 Å². The van der Waals surface area contributed by atoms with Crippen molar-refractivity contribution in [1.82, 2.24) is 9.88 Å². The van der Waals surface area contributed by atoms with Crippen molar-refractivity contribution in [3.8, 4) is 0 Å². The van der Waals surface area contributed by atoms with E-state index in [1.807, 2.05) is 24.5 Å². The smallest absolute Gasteiger partial charge is 0.369 e. The van der Waals surface area contributed by atoms with Crippen molar-refractivity contribution in [2.45, 2.75) is 51.4 Å². The molecular formula is C30H31F3N4O3. The van der Waals surface area contributed by atoms with Gasteiger partial charge < -0.3 is 20.1 Å². The molecule has 1 fully saturated rings. The molecule has 0 unspecified atom stereocenters. The number of nitrogens with one attached hydrogen (secondary N) is 2. The first-order valence-corrected chi connectivity index (χ1v) is 13.4. The van der Waals surface area contributed by atoms with Gasteiger partial charge in [0.2, 0.25) is 0 Å². The minimum Gasteiger partial charge on any atom is -0.369 e. The number of fused-ring (bicyclic) bond motifs is 4. The summed E-state index contributed by atoms with van der Waals surface area (Å²) < 4.78 is 41.7. The third-order valence-corrected chi connectivity index (χ3v) is 7.77. The van der Waals surface area contributed by atoms with Crippen LogP contribution >= 0.6 is 0 Å². The van der Waals surface area contributed by atoms with Crippen molar-refractivity contribution in [1.29, 1.82) is 0 Å². The van der Waals surface area contributed by atoms with Crippen LogP contribution in [0.3, 0.4) is 0 Å². The summed E-state index contributed by atoms with van der Waals surface area (Å²) in [5, 5.41) is 5.68. The Hall–Kier alpha value is -4.08. The average molecular weight is 553 g/mol. The Labute approximate surface area is 230 Å². The number of hydrogen-bond donors (Lipinski definition) is 2. The van der Waals surface area contributed by atoms with E-state index in [0.29, 0.717) is 36.6 Å². The molecule has 2 bridgehead atoms. The monoisotopic (exact) mass is 552 g/mol. The van der Waals surface area contributed by atoms with Crippen LogP contribution in [0.2, 0.25) is 0 Å². The van der Waals surface area contributed by atoms with Crippen LogP contribution in [0, 0.1) is 5.92 Å². The lowest BCUT2D eigenvalue weighted by atomic mass is 9.83. The predicted octanol–water partition coefficient (Wildman–Crippen LogP) is 5.27. The summed E-state index contributed by atoms with van der Waals surface area (Å²) in [5.41, 5.74) is 1.22. The second-order valence-electron chi connectivity index (χ2n) is 10.7. The van der Waals surface area contributed by atoms with E-state index < -0.39 is 17.6 Å². The van der Waals surface area contributed by atoms with Gasteiger partial charge in [0, 0.05) is 54.5 Å². The molecule has 0 saturated carbocycles. The third-order valence-electron chi connectivity index (χ3n) is 7.77. The summed E-state index contributed by atoms with van der Waals surface area (Å²) in [5.74, 6) is -0.714. The fourth-order valence-corrected chi connectivity index (χ4v) is 5.59. The number of carbonyl (C=O) groups is 2. The van der Waals surface area contributed by atoms with Crippen molar-refractivity contribution in [2.75, 3.05) is 23.3 Å². The number of alkyl halides is 3. The zero-order chi connectivity index (χ0) is 28.6. The van der Waals surface area contributed by atoms with E-state index in [9.17, 15) is 27.6 Å². The highest BCUT2D eigenvalue weighted by atomic mass is 19.4. The van der Waals surface area contributed by atoms with Crippen LogP contribution < -0.4 is 21.1 Å². The number of carbonyl (C=O) groups excluding carboxylic acids is 2. The number of benzene rings is 2. The zero-order valence-electron chi connectivity index (χ0n) is 22.3. The standard InChI is InChI=1S/C30H31F3N4O3/c1-3-18(2)34-28(39)21-10-11-26(24(14-21)35-29(40)20-6-4-7-23(13-20)30(31,32)33)36-15-19-12-22(17-36)25-8-5-9-27(38)37(25)16-19/h4-11,13-14,18-19,22H,3,12,15-17H2,1-2H3,(H,34,39)(H,35,40)/t18-,19+,22-/m0/s1. The molecule has 0 aliphatic carbocycles. The maximum absolute atomic E-state index is 13.3. The summed E-state index contributed by atoms with van der Waals surface area (Å²) in [6.07, 6.45) is -2.91. The maximum Gasteiger partial charge on any atom is 0.416 e. The molecule has 3 aromatic rings. The Morgan fingerprint density at radius 1 is 0.975 bits per heavy atom. The van der Waals surface area contributed by atoms with E-state index in [0.717, 1.165) is 30.7 Å². The first-order valence-electron chi connectivity index (χ1n) is 13.4. The normalized spacial score (nSPS) is 19.0. The molecule has 7 nitrogen and oxygen atoms in total. The van der Waals surface area contributed by atoms with Gasteiger partial charge in [0.15, 0.2) is 0 Å². The molecule has 1 saturated heterocycles. The number of hydrogen-bond acceptors (Lipinski definition) is 4. The van der Waals surface area contributed by atoms with Crippen molar-refractivity contribution in [2.24, 2.45) is 5.92 Å². The molecule has 5 rings (SSSR count). The van der Waals surface area contributed by atoms with E-state index in [1.165, 1.54) is 12.1 Å². The van der Waals surface area contributed by atoms with Crippen LogP contribution in [0.25, 0.3) is 0 Å². The summed E-state index contributed by atoms with van der Waals surface area (Å²) in [6.45, 7) is 5.64. The quantitative estimate of drug-likeness (QED) is 0.437. The summed E-state index contributed by atoms with van der Waals surface area (Å²) in [6, 6.07) is 14.5. The number of aromatic nitrogens is 1. The molecule has 3 atom stereocenters. The van der Waals surface area contributed by atoms with Gasteiger partial charge in [0.05, 0.1) is 16.9 Å². The second-order valence-corrected chi connectivity index (χ2v) is 10.7. The number of nitrogens with zero attached hydrogens (tertiary/aromatic N) is 2. The molecule has 2 amide bonds. The molecule has 0 radical (unpaired) electrons. The van der Waals surface area contributed by atoms with E-state index in [2.05, 4.69) is 15.5 Å². The molecular weight excluding hydrogens is 521 g/mol. The number of amides is 2. The molecule has 40 heavy (non-hydrogen) atoms. The van der Waals surface area contributed by atoms with Gasteiger partial charge in [-0.05, 0) is 68.1 Å². The molecule has 10 heteroatoms. The number of anilines is 2. The summed E-state index contributed by atoms with van der Waals surface area (Å²) in [4.78, 5) is 40.7. The fraction of sp³-hybridized carbons (Fsp3) is 0.367. The van der Waals surface area contributed by atoms with E-state index in [4.69, 9.17) is 0 Å². The maximum atomic E-state index is 13.3. The molecule has 2 N–H and O–H groups in total. The number of rotatable bonds is 6. The Bertz CT molecular complexity index is 1500. The summed E-state index contributed by atoms with van der Waals surface area (Å²) in [7, 11) is 0. The minimum absolute atomic E-state index is 0.0219. The highest BCUT2D eigenvalue weighted by Gasteiger charge is 2.36. The van der Waals surface area contributed by atoms with Crippen LogP contribution in [0.1, 0.15) is 64.6 Å². The molecule has 0 spiro atoms. The van der Waals surface area contributed by atoms with Gasteiger partial charge in [-0.1, -0.05) is 19.1 Å². The average Bonchev–Trinajstić information content (AvgIpc) is 2.93. The SMILES string of the molecule is CC[C@H](C)NC(=O)c1ccc(N2C[C@H]3C[C@@H](C2)c2cccc(=O)n2C3)c(NC(=O)c2cccc(C(F)(F)F)c2)c1. The van der Waals surface area contributed by atoms with Crippen LogP contribution in [-0.4, -0.2) is 35.5 Å². The lowest BCUT2D eigenvalue weighted by Gasteiger charge is -2.44. The van der Waals surface area contributed by atoms with Gasteiger partial charge in [-0.25, -0.2) is 0 Å². The Balaban J connectivity index is 1.48. The number of pyridine rings is 1. The van der Waals surface area contributed by atoms with E-state index >= 15 is 0 Å². The molecule has 2 aromatic carbocycles. The van der Waals surface area contributed by atoms with Crippen LogP contribution in [-0.2, 0) is 12.7 Å². The van der Waals surface area contributed by atoms with Crippen LogP contribution in [0.4, 0.5) is 24.5 Å². The van der Waals surface area contributed by atoms with Crippen LogP contribution in [0.5, 0.6) is 0 Å². The number of halogens is 3. The second kappa shape index (κ2) is 10.8. The topological polar surface area (TPSA) is 83.4 Å². The molecule has 210 valence electrons. The number of piperidine rings is 1. The van der Waals surface area contributed by atoms with Gasteiger partial charge in [-0.15, -0.1) is 0 Å². The third kappa shape index (κ3) is 5.61. The predicted molar refractivity (Wildman–Crippen MR) is 147 cm³/mol. The van der Waals surface area contributed by atoms with Gasteiger partial charge in [-0.2, -0.15) is 13.2 Å². The van der Waals surface area contributed by atoms with Gasteiger partial charge >= 0.3 is 6.18 Å². The van der Waals surface area contributed by atoms with Crippen LogP contribution in [0.15, 0.2) is 65.5 Å². The Kier molecular flexibility index (Phi) is 7.44. The summed E-state index contributed by atoms with van der Waals surface area (Å²) >= 11 is 0. The fourth-order valence-electron chi connectivity index (χ4n) is 5.59. The molecule has 3 heterocycles.